The van der Waals surface area contributed by atoms with Crippen molar-refractivity contribution in [3.8, 4) is 17.1 Å². The zero-order valence-electron chi connectivity index (χ0n) is 17.4. The summed E-state index contributed by atoms with van der Waals surface area (Å²) in [6.07, 6.45) is 1.81. The van der Waals surface area contributed by atoms with Crippen LogP contribution in [-0.2, 0) is 11.3 Å². The van der Waals surface area contributed by atoms with E-state index in [4.69, 9.17) is 4.74 Å². The van der Waals surface area contributed by atoms with Gasteiger partial charge in [0.25, 0.3) is 0 Å². The zero-order valence-corrected chi connectivity index (χ0v) is 18.2. The van der Waals surface area contributed by atoms with Crippen molar-refractivity contribution in [2.45, 2.75) is 30.8 Å². The van der Waals surface area contributed by atoms with Gasteiger partial charge in [-0.15, -0.1) is 16.8 Å². The number of likely N-dealkylation sites (N-methyl/N-ethyl adjacent to an activating group) is 1. The molecule has 7 nitrogen and oxygen atoms in total. The monoisotopic (exact) mass is 416 g/mol. The first kappa shape index (κ1) is 21.4. The van der Waals surface area contributed by atoms with E-state index >= 15 is 0 Å². The van der Waals surface area contributed by atoms with E-state index in [1.807, 2.05) is 46.7 Å². The summed E-state index contributed by atoms with van der Waals surface area (Å²) in [4.78, 5) is 16.5. The van der Waals surface area contributed by atoms with Crippen molar-refractivity contribution in [2.24, 2.45) is 0 Å². The minimum Gasteiger partial charge on any atom is -0.496 e. The number of carbonyl (C=O) groups is 1. The Hall–Kier alpha value is -2.32. The van der Waals surface area contributed by atoms with Crippen LogP contribution in [0, 0.1) is 0 Å². The molecule has 3 rings (SSSR count). The highest BCUT2D eigenvalue weighted by Crippen LogP contribution is 2.32. The van der Waals surface area contributed by atoms with Gasteiger partial charge in [-0.25, -0.2) is 0 Å². The number of allylic oxidation sites excluding steroid dienone is 1. The molecule has 29 heavy (non-hydrogen) atoms. The lowest BCUT2D eigenvalue weighted by atomic mass is 10.2. The summed E-state index contributed by atoms with van der Waals surface area (Å²) in [6, 6.07) is 7.73. The van der Waals surface area contributed by atoms with Crippen LogP contribution in [0.4, 0.5) is 0 Å². The Balaban J connectivity index is 1.78. The minimum atomic E-state index is -0.225. The van der Waals surface area contributed by atoms with Gasteiger partial charge in [0.2, 0.25) is 5.91 Å². The van der Waals surface area contributed by atoms with Crippen LogP contribution in [0.2, 0.25) is 0 Å². The van der Waals surface area contributed by atoms with Crippen LogP contribution in [0.3, 0.4) is 0 Å². The zero-order chi connectivity index (χ0) is 20.8. The molecule has 2 heterocycles. The number of nitrogens with zero attached hydrogens (tertiary/aromatic N) is 4. The molecule has 0 bridgehead atoms. The topological polar surface area (TPSA) is 64.7 Å². The molecule has 0 aliphatic carbocycles. The SMILES string of the molecule is C=CCn1c(S[C@@H](C)C(=O)N2CC[NH+](CC)CC2)nnc1-c1ccccc1OC. The number of ether oxygens (including phenoxy) is 1. The Morgan fingerprint density at radius 3 is 2.72 bits per heavy atom. The van der Waals surface area contributed by atoms with E-state index in [1.165, 1.54) is 11.8 Å². The number of nitrogens with one attached hydrogen (secondary N) is 1. The number of para-hydroxylation sites is 1. The van der Waals surface area contributed by atoms with Gasteiger partial charge < -0.3 is 14.5 Å². The Morgan fingerprint density at radius 1 is 1.34 bits per heavy atom. The van der Waals surface area contributed by atoms with Gasteiger partial charge >= 0.3 is 0 Å². The lowest BCUT2D eigenvalue weighted by molar-refractivity contribution is -0.902. The molecule has 1 fully saturated rings. The molecule has 1 aromatic carbocycles. The number of aromatic nitrogens is 3. The molecule has 1 N–H and O–H groups in total. The van der Waals surface area contributed by atoms with Gasteiger partial charge in [-0.05, 0) is 26.0 Å². The molecule has 1 atom stereocenters. The lowest BCUT2D eigenvalue weighted by Crippen LogP contribution is -3.14. The standard InChI is InChI=1S/C21H29N5O2S/c1-5-11-26-19(17-9-7-8-10-18(17)28-4)22-23-21(26)29-16(3)20(27)25-14-12-24(6-2)13-15-25/h5,7-10,16H,1,6,11-15H2,2-4H3/p+1/t16-/m0/s1. The first-order valence-electron chi connectivity index (χ1n) is 10.1. The third-order valence-corrected chi connectivity index (χ3v) is 6.36. The third kappa shape index (κ3) is 4.82. The van der Waals surface area contributed by atoms with Crippen LogP contribution in [0.15, 0.2) is 42.1 Å². The first-order valence-corrected chi connectivity index (χ1v) is 10.9. The Morgan fingerprint density at radius 2 is 2.07 bits per heavy atom. The van der Waals surface area contributed by atoms with E-state index in [9.17, 15) is 4.79 Å². The fraction of sp³-hybridized carbons (Fsp3) is 0.476. The lowest BCUT2D eigenvalue weighted by Gasteiger charge is -2.32. The molecule has 2 aromatic rings. The fourth-order valence-corrected chi connectivity index (χ4v) is 4.50. The van der Waals surface area contributed by atoms with Gasteiger partial charge in [-0.1, -0.05) is 30.0 Å². The van der Waals surface area contributed by atoms with Crippen molar-refractivity contribution < 1.29 is 14.4 Å². The molecule has 0 radical (unpaired) electrons. The normalized spacial score (nSPS) is 15.9. The maximum atomic E-state index is 12.9. The first-order chi connectivity index (χ1) is 14.1. The van der Waals surface area contributed by atoms with Gasteiger partial charge in [0, 0.05) is 6.54 Å². The second kappa shape index (κ2) is 9.93. The van der Waals surface area contributed by atoms with Crippen LogP contribution >= 0.6 is 11.8 Å². The van der Waals surface area contributed by atoms with Gasteiger partial charge in [-0.2, -0.15) is 0 Å². The average molecular weight is 417 g/mol. The molecular formula is C21H30N5O2S+. The number of amides is 1. The number of methoxy groups -OCH3 is 1. The van der Waals surface area contributed by atoms with E-state index in [1.54, 1.807) is 12.0 Å². The Labute approximate surface area is 176 Å². The number of quaternary nitrogens is 1. The van der Waals surface area contributed by atoms with Gasteiger partial charge in [0.1, 0.15) is 5.75 Å². The molecule has 0 spiro atoms. The maximum Gasteiger partial charge on any atom is 0.236 e. The molecule has 0 unspecified atom stereocenters. The number of piperazine rings is 1. The summed E-state index contributed by atoms with van der Waals surface area (Å²) in [7, 11) is 1.64. The van der Waals surface area contributed by atoms with Crippen molar-refractivity contribution in [1.29, 1.82) is 0 Å². The molecule has 0 saturated carbocycles. The number of benzene rings is 1. The average Bonchev–Trinajstić information content (AvgIpc) is 3.15. The van der Waals surface area contributed by atoms with Crippen LogP contribution in [-0.4, -0.2) is 70.7 Å². The van der Waals surface area contributed by atoms with Gasteiger partial charge in [0.05, 0.1) is 50.6 Å². The predicted octanol–water partition coefficient (Wildman–Crippen LogP) is 1.37. The minimum absolute atomic E-state index is 0.164. The number of thioether (sulfide) groups is 1. The van der Waals surface area contributed by atoms with E-state index in [0.717, 1.165) is 44.0 Å². The van der Waals surface area contributed by atoms with Gasteiger partial charge in [0.15, 0.2) is 11.0 Å². The Bertz CT molecular complexity index is 845. The summed E-state index contributed by atoms with van der Waals surface area (Å²) in [5.41, 5.74) is 0.869. The molecule has 1 saturated heterocycles. The van der Waals surface area contributed by atoms with Crippen molar-refractivity contribution >= 4 is 17.7 Å². The van der Waals surface area contributed by atoms with Gasteiger partial charge in [-0.3, -0.25) is 9.36 Å². The largest absolute Gasteiger partial charge is 0.496 e. The molecular weight excluding hydrogens is 386 g/mol. The van der Waals surface area contributed by atoms with Crippen molar-refractivity contribution in [3.63, 3.8) is 0 Å². The summed E-state index contributed by atoms with van der Waals surface area (Å²) in [6.45, 7) is 13.3. The number of hydrogen-bond donors (Lipinski definition) is 1. The van der Waals surface area contributed by atoms with E-state index < -0.39 is 0 Å². The third-order valence-electron chi connectivity index (χ3n) is 5.29. The Kier molecular flexibility index (Phi) is 7.33. The van der Waals surface area contributed by atoms with Crippen LogP contribution in [0.5, 0.6) is 5.75 Å². The van der Waals surface area contributed by atoms with E-state index in [0.29, 0.717) is 17.5 Å². The smallest absolute Gasteiger partial charge is 0.236 e. The maximum absolute atomic E-state index is 12.9. The second-order valence-electron chi connectivity index (χ2n) is 7.09. The molecule has 156 valence electrons. The summed E-state index contributed by atoms with van der Waals surface area (Å²) in [5.74, 6) is 1.61. The van der Waals surface area contributed by atoms with E-state index in [2.05, 4.69) is 23.7 Å². The number of carbonyl (C=O) groups excluding carboxylic acids is 1. The van der Waals surface area contributed by atoms with Crippen molar-refractivity contribution in [2.75, 3.05) is 39.8 Å². The van der Waals surface area contributed by atoms with E-state index in [-0.39, 0.29) is 11.2 Å². The van der Waals surface area contributed by atoms with Crippen LogP contribution < -0.4 is 9.64 Å². The molecule has 8 heteroatoms. The highest BCUT2D eigenvalue weighted by Gasteiger charge is 2.28. The second-order valence-corrected chi connectivity index (χ2v) is 8.40. The summed E-state index contributed by atoms with van der Waals surface area (Å²) < 4.78 is 7.47. The summed E-state index contributed by atoms with van der Waals surface area (Å²) in [5, 5.41) is 9.26. The highest BCUT2D eigenvalue weighted by atomic mass is 32.2. The predicted molar refractivity (Wildman–Crippen MR) is 115 cm³/mol. The number of rotatable bonds is 8. The highest BCUT2D eigenvalue weighted by molar-refractivity contribution is 8.00. The van der Waals surface area contributed by atoms with Crippen LogP contribution in [0.1, 0.15) is 13.8 Å². The molecule has 1 aliphatic heterocycles. The fourth-order valence-electron chi connectivity index (χ4n) is 3.56. The number of hydrogen-bond acceptors (Lipinski definition) is 5. The summed E-state index contributed by atoms with van der Waals surface area (Å²) >= 11 is 1.45. The van der Waals surface area contributed by atoms with Crippen molar-refractivity contribution in [1.82, 2.24) is 19.7 Å². The quantitative estimate of drug-likeness (QED) is 0.520. The molecule has 1 aromatic heterocycles. The van der Waals surface area contributed by atoms with Crippen molar-refractivity contribution in [3.05, 3.63) is 36.9 Å². The molecule has 1 amide bonds. The van der Waals surface area contributed by atoms with Crippen LogP contribution in [0.25, 0.3) is 11.4 Å². The molecule has 1 aliphatic rings.